The Morgan fingerprint density at radius 1 is 1.33 bits per heavy atom. The Labute approximate surface area is 110 Å². The summed E-state index contributed by atoms with van der Waals surface area (Å²) in [6, 6.07) is 10.8. The van der Waals surface area contributed by atoms with Gasteiger partial charge >= 0.3 is 0 Å². The highest BCUT2D eigenvalue weighted by atomic mass is 15.1. The highest BCUT2D eigenvalue weighted by Crippen LogP contribution is 2.12. The number of hydrogen-bond donors (Lipinski definition) is 1. The summed E-state index contributed by atoms with van der Waals surface area (Å²) in [4.78, 5) is 2.42. The number of unbranched alkanes of at least 4 members (excludes halogenated alkanes) is 2. The summed E-state index contributed by atoms with van der Waals surface area (Å²) in [5.74, 6) is 0. The smallest absolute Gasteiger partial charge is 0.0621 e. The largest absolute Gasteiger partial charge is 0.399 e. The maximum atomic E-state index is 8.53. The number of anilines is 1. The SMILES string of the molecule is CC(C)N(CCCCC#N)Cc1cccc(N)c1. The molecule has 0 radical (unpaired) electrons. The first kappa shape index (κ1) is 14.5. The summed E-state index contributed by atoms with van der Waals surface area (Å²) in [5, 5.41) is 8.53. The van der Waals surface area contributed by atoms with Gasteiger partial charge in [0.1, 0.15) is 0 Å². The van der Waals surface area contributed by atoms with Crippen molar-refractivity contribution >= 4 is 5.69 Å². The van der Waals surface area contributed by atoms with Crippen LogP contribution in [0.1, 0.15) is 38.7 Å². The van der Waals surface area contributed by atoms with Gasteiger partial charge in [-0.2, -0.15) is 5.26 Å². The molecule has 2 N–H and O–H groups in total. The van der Waals surface area contributed by atoms with Crippen molar-refractivity contribution in [2.75, 3.05) is 12.3 Å². The molecule has 0 aliphatic heterocycles. The second kappa shape index (κ2) is 7.73. The molecule has 0 saturated heterocycles. The topological polar surface area (TPSA) is 53.0 Å². The zero-order chi connectivity index (χ0) is 13.4. The Bertz CT molecular complexity index is 393. The van der Waals surface area contributed by atoms with Crippen LogP contribution in [0.2, 0.25) is 0 Å². The molecule has 1 aromatic carbocycles. The average Bonchev–Trinajstić information content (AvgIpc) is 2.33. The van der Waals surface area contributed by atoms with E-state index < -0.39 is 0 Å². The molecule has 0 atom stereocenters. The predicted octanol–water partition coefficient (Wildman–Crippen LogP) is 3.17. The second-order valence-electron chi connectivity index (χ2n) is 4.92. The van der Waals surface area contributed by atoms with Crippen LogP contribution in [0.15, 0.2) is 24.3 Å². The van der Waals surface area contributed by atoms with Crippen molar-refractivity contribution in [1.29, 1.82) is 5.26 Å². The molecular weight excluding hydrogens is 222 g/mol. The van der Waals surface area contributed by atoms with E-state index in [4.69, 9.17) is 11.0 Å². The van der Waals surface area contributed by atoms with Gasteiger partial charge < -0.3 is 5.73 Å². The molecular formula is C15H23N3. The van der Waals surface area contributed by atoms with E-state index in [1.54, 1.807) is 0 Å². The van der Waals surface area contributed by atoms with E-state index in [1.165, 1.54) is 5.56 Å². The molecule has 1 aromatic rings. The summed E-state index contributed by atoms with van der Waals surface area (Å²) in [6.45, 7) is 6.37. The van der Waals surface area contributed by atoms with Crippen LogP contribution in [-0.2, 0) is 6.54 Å². The van der Waals surface area contributed by atoms with Crippen molar-refractivity contribution in [2.24, 2.45) is 0 Å². The van der Waals surface area contributed by atoms with Gasteiger partial charge in [-0.05, 0) is 50.9 Å². The van der Waals surface area contributed by atoms with Crippen LogP contribution in [0.25, 0.3) is 0 Å². The molecule has 0 bridgehead atoms. The molecule has 0 aliphatic rings. The fourth-order valence-electron chi connectivity index (χ4n) is 1.96. The van der Waals surface area contributed by atoms with Crippen LogP contribution in [0.4, 0.5) is 5.69 Å². The van der Waals surface area contributed by atoms with Gasteiger partial charge in [0.2, 0.25) is 0 Å². The van der Waals surface area contributed by atoms with Gasteiger partial charge in [-0.3, -0.25) is 4.90 Å². The van der Waals surface area contributed by atoms with Gasteiger partial charge in [-0.25, -0.2) is 0 Å². The number of hydrogen-bond acceptors (Lipinski definition) is 3. The normalized spacial score (nSPS) is 10.8. The maximum Gasteiger partial charge on any atom is 0.0621 e. The van der Waals surface area contributed by atoms with Gasteiger partial charge in [-0.1, -0.05) is 12.1 Å². The van der Waals surface area contributed by atoms with Gasteiger partial charge in [0.25, 0.3) is 0 Å². The molecule has 3 heteroatoms. The van der Waals surface area contributed by atoms with Crippen molar-refractivity contribution in [3.8, 4) is 6.07 Å². The Balaban J connectivity index is 2.50. The van der Waals surface area contributed by atoms with Crippen LogP contribution >= 0.6 is 0 Å². The van der Waals surface area contributed by atoms with Crippen molar-refractivity contribution in [2.45, 2.75) is 45.7 Å². The minimum absolute atomic E-state index is 0.508. The lowest BCUT2D eigenvalue weighted by Gasteiger charge is -2.26. The lowest BCUT2D eigenvalue weighted by Crippen LogP contribution is -2.31. The number of rotatable bonds is 7. The molecule has 0 heterocycles. The third kappa shape index (κ3) is 5.20. The molecule has 0 aromatic heterocycles. The summed E-state index contributed by atoms with van der Waals surface area (Å²) in [6.07, 6.45) is 2.72. The molecule has 0 fully saturated rings. The van der Waals surface area contributed by atoms with Gasteiger partial charge in [0.05, 0.1) is 6.07 Å². The Kier molecular flexibility index (Phi) is 6.24. The molecule has 18 heavy (non-hydrogen) atoms. The van der Waals surface area contributed by atoms with E-state index in [2.05, 4.69) is 30.9 Å². The lowest BCUT2D eigenvalue weighted by molar-refractivity contribution is 0.209. The first-order chi connectivity index (χ1) is 8.63. The molecule has 3 nitrogen and oxygen atoms in total. The van der Waals surface area contributed by atoms with Crippen LogP contribution in [0.5, 0.6) is 0 Å². The van der Waals surface area contributed by atoms with E-state index >= 15 is 0 Å². The standard InChI is InChI=1S/C15H23N3/c1-13(2)18(10-5-3-4-9-16)12-14-7-6-8-15(17)11-14/h6-8,11,13H,3-5,10,12,17H2,1-2H3. The van der Waals surface area contributed by atoms with E-state index in [9.17, 15) is 0 Å². The third-order valence-electron chi connectivity index (χ3n) is 3.05. The molecule has 1 rings (SSSR count). The summed E-state index contributed by atoms with van der Waals surface area (Å²) in [7, 11) is 0. The molecule has 0 unspecified atom stereocenters. The zero-order valence-corrected chi connectivity index (χ0v) is 11.4. The van der Waals surface area contributed by atoms with Crippen LogP contribution in [0, 0.1) is 11.3 Å². The van der Waals surface area contributed by atoms with Crippen molar-refractivity contribution in [3.05, 3.63) is 29.8 Å². The van der Waals surface area contributed by atoms with Crippen molar-refractivity contribution in [3.63, 3.8) is 0 Å². The fraction of sp³-hybridized carbons (Fsp3) is 0.533. The van der Waals surface area contributed by atoms with Gasteiger partial charge in [0.15, 0.2) is 0 Å². The van der Waals surface area contributed by atoms with E-state index in [0.717, 1.165) is 31.6 Å². The first-order valence-electron chi connectivity index (χ1n) is 6.59. The highest BCUT2D eigenvalue weighted by molar-refractivity contribution is 5.40. The number of nitrogens with two attached hydrogens (primary N) is 1. The Morgan fingerprint density at radius 2 is 2.11 bits per heavy atom. The molecule has 98 valence electrons. The molecule has 0 aliphatic carbocycles. The first-order valence-corrected chi connectivity index (χ1v) is 6.59. The molecule has 0 spiro atoms. The van der Waals surface area contributed by atoms with Crippen LogP contribution < -0.4 is 5.73 Å². The van der Waals surface area contributed by atoms with E-state index in [1.807, 2.05) is 18.2 Å². The van der Waals surface area contributed by atoms with Crippen molar-refractivity contribution in [1.82, 2.24) is 4.90 Å². The van der Waals surface area contributed by atoms with Crippen molar-refractivity contribution < 1.29 is 0 Å². The van der Waals surface area contributed by atoms with Crippen LogP contribution in [-0.4, -0.2) is 17.5 Å². The second-order valence-corrected chi connectivity index (χ2v) is 4.92. The predicted molar refractivity (Wildman–Crippen MR) is 75.9 cm³/mol. The quantitative estimate of drug-likeness (QED) is 0.593. The summed E-state index contributed by atoms with van der Waals surface area (Å²) >= 11 is 0. The zero-order valence-electron chi connectivity index (χ0n) is 11.4. The number of benzene rings is 1. The minimum atomic E-state index is 0.508. The Hall–Kier alpha value is -1.53. The van der Waals surface area contributed by atoms with E-state index in [0.29, 0.717) is 12.5 Å². The van der Waals surface area contributed by atoms with Gasteiger partial charge in [0, 0.05) is 24.7 Å². The average molecular weight is 245 g/mol. The number of nitrogens with zero attached hydrogens (tertiary/aromatic N) is 2. The summed E-state index contributed by atoms with van der Waals surface area (Å²) in [5.41, 5.74) is 7.87. The molecule has 0 amide bonds. The third-order valence-corrected chi connectivity index (χ3v) is 3.05. The monoisotopic (exact) mass is 245 g/mol. The Morgan fingerprint density at radius 3 is 2.72 bits per heavy atom. The molecule has 0 saturated carbocycles. The number of nitrogen functional groups attached to an aromatic ring is 1. The lowest BCUT2D eigenvalue weighted by atomic mass is 10.1. The summed E-state index contributed by atoms with van der Waals surface area (Å²) < 4.78 is 0. The minimum Gasteiger partial charge on any atom is -0.399 e. The van der Waals surface area contributed by atoms with Gasteiger partial charge in [-0.15, -0.1) is 0 Å². The maximum absolute atomic E-state index is 8.53. The highest BCUT2D eigenvalue weighted by Gasteiger charge is 2.09. The fourth-order valence-corrected chi connectivity index (χ4v) is 1.96. The van der Waals surface area contributed by atoms with E-state index in [-0.39, 0.29) is 0 Å². The van der Waals surface area contributed by atoms with Crippen LogP contribution in [0.3, 0.4) is 0 Å². The number of nitriles is 1.